The highest BCUT2D eigenvalue weighted by molar-refractivity contribution is 9.10. The Bertz CT molecular complexity index is 892. The van der Waals surface area contributed by atoms with E-state index in [0.717, 1.165) is 27.8 Å². The van der Waals surface area contributed by atoms with Gasteiger partial charge in [-0.2, -0.15) is 0 Å². The highest BCUT2D eigenvalue weighted by atomic mass is 79.9. The van der Waals surface area contributed by atoms with E-state index in [-0.39, 0.29) is 5.69 Å². The highest BCUT2D eigenvalue weighted by Crippen LogP contribution is 2.40. The molecule has 1 aromatic carbocycles. The average Bonchev–Trinajstić information content (AvgIpc) is 3.01. The molecule has 0 amide bonds. The number of carboxylic acid groups (broad SMARTS) is 1. The van der Waals surface area contributed by atoms with Crippen molar-refractivity contribution in [3.63, 3.8) is 0 Å². The van der Waals surface area contributed by atoms with Gasteiger partial charge in [-0.3, -0.25) is 4.40 Å². The molecule has 0 saturated carbocycles. The summed E-state index contributed by atoms with van der Waals surface area (Å²) >= 11 is 3.56. The standard InChI is InChI=1S/C14H10BrN3O2/c1-17-11(13(19)20)6-18-10-5-8-7(3-2-4-9(8)15)12(10)16-14(17)18/h2-4,6H,5H2,1H3,(H,19,20). The van der Waals surface area contributed by atoms with Gasteiger partial charge in [0, 0.05) is 29.7 Å². The quantitative estimate of drug-likeness (QED) is 0.583. The number of halogens is 1. The van der Waals surface area contributed by atoms with Crippen molar-refractivity contribution in [2.24, 2.45) is 7.05 Å². The van der Waals surface area contributed by atoms with E-state index in [0.29, 0.717) is 5.78 Å². The normalized spacial score (nSPS) is 12.7. The van der Waals surface area contributed by atoms with Crippen LogP contribution in [0.15, 0.2) is 28.9 Å². The Morgan fingerprint density at radius 3 is 3.00 bits per heavy atom. The van der Waals surface area contributed by atoms with E-state index in [9.17, 15) is 9.90 Å². The van der Waals surface area contributed by atoms with E-state index >= 15 is 0 Å². The van der Waals surface area contributed by atoms with Gasteiger partial charge in [-0.25, -0.2) is 9.78 Å². The van der Waals surface area contributed by atoms with Gasteiger partial charge in [0.1, 0.15) is 5.69 Å². The van der Waals surface area contributed by atoms with Crippen LogP contribution < -0.4 is 0 Å². The van der Waals surface area contributed by atoms with Crippen LogP contribution in [0.5, 0.6) is 0 Å². The summed E-state index contributed by atoms with van der Waals surface area (Å²) in [7, 11) is 1.72. The first-order valence-electron chi connectivity index (χ1n) is 6.15. The van der Waals surface area contributed by atoms with Gasteiger partial charge >= 0.3 is 5.97 Å². The lowest BCUT2D eigenvalue weighted by molar-refractivity contribution is 0.0687. The first-order valence-corrected chi connectivity index (χ1v) is 6.95. The third kappa shape index (κ3) is 1.31. The van der Waals surface area contributed by atoms with E-state index in [4.69, 9.17) is 0 Å². The molecule has 0 unspecified atom stereocenters. The second-order valence-corrected chi connectivity index (χ2v) is 5.75. The molecule has 20 heavy (non-hydrogen) atoms. The molecular weight excluding hydrogens is 322 g/mol. The predicted molar refractivity (Wildman–Crippen MR) is 77.1 cm³/mol. The number of aryl methyl sites for hydroxylation is 1. The van der Waals surface area contributed by atoms with Crippen molar-refractivity contribution in [3.8, 4) is 11.3 Å². The first-order chi connectivity index (χ1) is 9.58. The van der Waals surface area contributed by atoms with E-state index in [1.165, 1.54) is 5.56 Å². The summed E-state index contributed by atoms with van der Waals surface area (Å²) in [6.45, 7) is 0. The Hall–Kier alpha value is -2.08. The zero-order chi connectivity index (χ0) is 14.0. The van der Waals surface area contributed by atoms with Gasteiger partial charge in [-0.05, 0) is 11.6 Å². The number of rotatable bonds is 1. The van der Waals surface area contributed by atoms with Gasteiger partial charge in [-0.1, -0.05) is 28.1 Å². The van der Waals surface area contributed by atoms with Crippen molar-refractivity contribution in [1.82, 2.24) is 14.0 Å². The third-order valence-corrected chi connectivity index (χ3v) is 4.58. The third-order valence-electron chi connectivity index (χ3n) is 3.84. The number of carboxylic acids is 1. The Morgan fingerprint density at radius 2 is 2.25 bits per heavy atom. The molecule has 2 aromatic heterocycles. The molecule has 100 valence electrons. The fourth-order valence-electron chi connectivity index (χ4n) is 2.85. The lowest BCUT2D eigenvalue weighted by Gasteiger charge is -2.01. The molecule has 1 aliphatic rings. The Kier molecular flexibility index (Phi) is 2.18. The number of nitrogens with zero attached hydrogens (tertiary/aromatic N) is 3. The summed E-state index contributed by atoms with van der Waals surface area (Å²) in [5.41, 5.74) is 4.56. The Balaban J connectivity index is 2.03. The highest BCUT2D eigenvalue weighted by Gasteiger charge is 2.28. The fraction of sp³-hybridized carbons (Fsp3) is 0.143. The minimum atomic E-state index is -0.941. The summed E-state index contributed by atoms with van der Waals surface area (Å²) in [5.74, 6) is -0.276. The van der Waals surface area contributed by atoms with Crippen LogP contribution in [0.1, 0.15) is 21.7 Å². The molecule has 3 aromatic rings. The number of aromatic carboxylic acids is 1. The number of imidazole rings is 2. The van der Waals surface area contributed by atoms with Crippen LogP contribution in [-0.4, -0.2) is 25.0 Å². The van der Waals surface area contributed by atoms with Crippen LogP contribution in [0.3, 0.4) is 0 Å². The zero-order valence-electron chi connectivity index (χ0n) is 10.6. The minimum Gasteiger partial charge on any atom is -0.477 e. The Labute approximate surface area is 122 Å². The second kappa shape index (κ2) is 3.73. The van der Waals surface area contributed by atoms with Crippen LogP contribution in [0.2, 0.25) is 0 Å². The molecule has 0 atom stereocenters. The maximum Gasteiger partial charge on any atom is 0.354 e. The van der Waals surface area contributed by atoms with E-state index < -0.39 is 5.97 Å². The largest absolute Gasteiger partial charge is 0.477 e. The van der Waals surface area contributed by atoms with E-state index in [2.05, 4.69) is 27.0 Å². The molecule has 2 heterocycles. The van der Waals surface area contributed by atoms with Crippen LogP contribution in [0, 0.1) is 0 Å². The average molecular weight is 332 g/mol. The monoisotopic (exact) mass is 331 g/mol. The molecule has 5 nitrogen and oxygen atoms in total. The smallest absolute Gasteiger partial charge is 0.354 e. The van der Waals surface area contributed by atoms with Crippen molar-refractivity contribution >= 4 is 27.7 Å². The van der Waals surface area contributed by atoms with Crippen LogP contribution in [0.25, 0.3) is 17.0 Å². The maximum atomic E-state index is 11.2. The molecule has 0 bridgehead atoms. The predicted octanol–water partition coefficient (Wildman–Crippen LogP) is 2.70. The molecule has 0 spiro atoms. The number of carbonyl (C=O) groups is 1. The van der Waals surface area contributed by atoms with Crippen molar-refractivity contribution in [2.75, 3.05) is 0 Å². The van der Waals surface area contributed by atoms with E-state index in [1.54, 1.807) is 17.8 Å². The van der Waals surface area contributed by atoms with Gasteiger partial charge in [0.05, 0.1) is 11.4 Å². The van der Waals surface area contributed by atoms with Crippen LogP contribution in [-0.2, 0) is 13.5 Å². The molecule has 1 aliphatic carbocycles. The molecule has 0 radical (unpaired) electrons. The summed E-state index contributed by atoms with van der Waals surface area (Å²) < 4.78 is 4.56. The van der Waals surface area contributed by atoms with Crippen molar-refractivity contribution in [3.05, 3.63) is 45.8 Å². The molecule has 0 saturated heterocycles. The zero-order valence-corrected chi connectivity index (χ0v) is 12.2. The number of hydrogen-bond acceptors (Lipinski definition) is 2. The molecule has 1 N–H and O–H groups in total. The van der Waals surface area contributed by atoms with Crippen LogP contribution in [0.4, 0.5) is 0 Å². The van der Waals surface area contributed by atoms with Gasteiger partial charge in [-0.15, -0.1) is 0 Å². The van der Waals surface area contributed by atoms with Gasteiger partial charge in [0.2, 0.25) is 5.78 Å². The Morgan fingerprint density at radius 1 is 1.45 bits per heavy atom. The lowest BCUT2D eigenvalue weighted by Crippen LogP contribution is -2.04. The molecular formula is C14H10BrN3O2. The molecule has 0 aliphatic heterocycles. The molecule has 6 heteroatoms. The number of fused-ring (bicyclic) bond motifs is 5. The van der Waals surface area contributed by atoms with Crippen molar-refractivity contribution < 1.29 is 9.90 Å². The summed E-state index contributed by atoms with van der Waals surface area (Å²) in [6, 6.07) is 6.06. The van der Waals surface area contributed by atoms with Gasteiger partial charge in [0.15, 0.2) is 0 Å². The summed E-state index contributed by atoms with van der Waals surface area (Å²) in [5, 5.41) is 9.18. The van der Waals surface area contributed by atoms with Crippen molar-refractivity contribution in [2.45, 2.75) is 6.42 Å². The number of aromatic nitrogens is 3. The fourth-order valence-corrected chi connectivity index (χ4v) is 3.36. The number of hydrogen-bond donors (Lipinski definition) is 1. The SMILES string of the molecule is Cn1c(C(=O)O)cn2c3c(nc12)-c1cccc(Br)c1C3. The molecule has 0 fully saturated rings. The van der Waals surface area contributed by atoms with Crippen molar-refractivity contribution in [1.29, 1.82) is 0 Å². The topological polar surface area (TPSA) is 59.5 Å². The second-order valence-electron chi connectivity index (χ2n) is 4.90. The van der Waals surface area contributed by atoms with Gasteiger partial charge in [0.25, 0.3) is 0 Å². The number of benzene rings is 1. The van der Waals surface area contributed by atoms with Crippen LogP contribution >= 0.6 is 15.9 Å². The summed E-state index contributed by atoms with van der Waals surface area (Å²) in [4.78, 5) is 15.8. The van der Waals surface area contributed by atoms with Gasteiger partial charge < -0.3 is 9.67 Å². The molecule has 4 rings (SSSR count). The first kappa shape index (κ1) is 11.7. The maximum absolute atomic E-state index is 11.2. The lowest BCUT2D eigenvalue weighted by atomic mass is 10.1. The van der Waals surface area contributed by atoms with E-state index in [1.807, 2.05) is 16.5 Å². The minimum absolute atomic E-state index is 0.241. The summed E-state index contributed by atoms with van der Waals surface area (Å²) in [6.07, 6.45) is 2.40.